The predicted octanol–water partition coefficient (Wildman–Crippen LogP) is 3.03. The van der Waals surface area contributed by atoms with Gasteiger partial charge < -0.3 is 10.2 Å². The van der Waals surface area contributed by atoms with Gasteiger partial charge in [0.15, 0.2) is 0 Å². The summed E-state index contributed by atoms with van der Waals surface area (Å²) < 4.78 is 0. The maximum Gasteiger partial charge on any atom is 0.336 e. The Morgan fingerprint density at radius 1 is 1.05 bits per heavy atom. The lowest BCUT2D eigenvalue weighted by Crippen LogP contribution is -2.00. The highest BCUT2D eigenvalue weighted by Crippen LogP contribution is 2.38. The monoisotopic (exact) mass is 254 g/mol. The van der Waals surface area contributed by atoms with Crippen LogP contribution in [0.25, 0.3) is 11.1 Å². The normalized spacial score (nSPS) is 17.2. The molecule has 1 atom stereocenters. The fraction of sp³-hybridized carbons (Fsp3) is 0.188. The standard InChI is InChI=1S/C16H14O3/c17-15-9-8-12-10(6-3-7-13(12)15)11-4-1-2-5-14(11)16(18)19/h1-7,15,17H,8-9H2,(H,18,19). The molecule has 1 aliphatic rings. The van der Waals surface area contributed by atoms with Gasteiger partial charge in [-0.25, -0.2) is 4.79 Å². The number of aromatic carboxylic acids is 1. The summed E-state index contributed by atoms with van der Waals surface area (Å²) in [6, 6.07) is 12.7. The summed E-state index contributed by atoms with van der Waals surface area (Å²) in [5.74, 6) is -0.924. The third kappa shape index (κ3) is 1.92. The minimum atomic E-state index is -0.924. The number of rotatable bonds is 2. The first-order valence-electron chi connectivity index (χ1n) is 6.31. The van der Waals surface area contributed by atoms with Crippen LogP contribution in [0.1, 0.15) is 34.0 Å². The maximum absolute atomic E-state index is 11.3. The largest absolute Gasteiger partial charge is 0.478 e. The highest BCUT2D eigenvalue weighted by Gasteiger charge is 2.24. The molecule has 3 nitrogen and oxygen atoms in total. The molecule has 2 aromatic rings. The van der Waals surface area contributed by atoms with Gasteiger partial charge in [-0.1, -0.05) is 36.4 Å². The van der Waals surface area contributed by atoms with Crippen molar-refractivity contribution in [2.45, 2.75) is 18.9 Å². The fourth-order valence-electron chi connectivity index (χ4n) is 2.79. The van der Waals surface area contributed by atoms with Crippen LogP contribution in [0, 0.1) is 0 Å². The molecule has 1 aliphatic carbocycles. The summed E-state index contributed by atoms with van der Waals surface area (Å²) in [5.41, 5.74) is 3.95. The zero-order valence-electron chi connectivity index (χ0n) is 10.3. The van der Waals surface area contributed by atoms with Gasteiger partial charge in [0, 0.05) is 0 Å². The molecule has 0 spiro atoms. The second-order valence-electron chi connectivity index (χ2n) is 4.78. The quantitative estimate of drug-likeness (QED) is 0.866. The van der Waals surface area contributed by atoms with Crippen LogP contribution in [0.2, 0.25) is 0 Å². The number of hydrogen-bond donors (Lipinski definition) is 2. The average molecular weight is 254 g/mol. The zero-order chi connectivity index (χ0) is 13.4. The zero-order valence-corrected chi connectivity index (χ0v) is 10.3. The molecule has 2 N–H and O–H groups in total. The van der Waals surface area contributed by atoms with E-state index >= 15 is 0 Å². The third-order valence-electron chi connectivity index (χ3n) is 3.69. The lowest BCUT2D eigenvalue weighted by Gasteiger charge is -2.11. The number of hydrogen-bond acceptors (Lipinski definition) is 2. The Balaban J connectivity index is 2.22. The molecule has 0 amide bonds. The summed E-state index contributed by atoms with van der Waals surface area (Å²) in [6.07, 6.45) is 1.08. The number of carbonyl (C=O) groups is 1. The molecule has 3 heteroatoms. The second kappa shape index (κ2) is 4.52. The van der Waals surface area contributed by atoms with E-state index in [0.29, 0.717) is 12.0 Å². The molecule has 0 saturated carbocycles. The van der Waals surface area contributed by atoms with E-state index in [-0.39, 0.29) is 0 Å². The first kappa shape index (κ1) is 11.9. The van der Waals surface area contributed by atoms with Crippen LogP contribution in [0.15, 0.2) is 42.5 Å². The van der Waals surface area contributed by atoms with Crippen molar-refractivity contribution in [2.75, 3.05) is 0 Å². The lowest BCUT2D eigenvalue weighted by atomic mass is 9.93. The van der Waals surface area contributed by atoms with Gasteiger partial charge in [0.25, 0.3) is 0 Å². The van der Waals surface area contributed by atoms with Gasteiger partial charge in [-0.3, -0.25) is 0 Å². The van der Waals surface area contributed by atoms with E-state index in [1.807, 2.05) is 30.3 Å². The molecular formula is C16H14O3. The van der Waals surface area contributed by atoms with Crippen molar-refractivity contribution in [1.82, 2.24) is 0 Å². The van der Waals surface area contributed by atoms with Gasteiger partial charge in [0.2, 0.25) is 0 Å². The molecule has 0 saturated heterocycles. The maximum atomic E-state index is 11.3. The Kier molecular flexibility index (Phi) is 2.84. The van der Waals surface area contributed by atoms with Crippen molar-refractivity contribution in [3.8, 4) is 11.1 Å². The summed E-state index contributed by atoms with van der Waals surface area (Å²) in [5, 5.41) is 19.2. The first-order valence-corrected chi connectivity index (χ1v) is 6.31. The van der Waals surface area contributed by atoms with Crippen LogP contribution in [0.4, 0.5) is 0 Å². The van der Waals surface area contributed by atoms with E-state index in [1.54, 1.807) is 12.1 Å². The highest BCUT2D eigenvalue weighted by atomic mass is 16.4. The minimum Gasteiger partial charge on any atom is -0.478 e. The van der Waals surface area contributed by atoms with Gasteiger partial charge in [-0.2, -0.15) is 0 Å². The van der Waals surface area contributed by atoms with E-state index in [2.05, 4.69) is 0 Å². The highest BCUT2D eigenvalue weighted by molar-refractivity contribution is 5.96. The fourth-order valence-corrected chi connectivity index (χ4v) is 2.79. The third-order valence-corrected chi connectivity index (χ3v) is 3.69. The van der Waals surface area contributed by atoms with Gasteiger partial charge in [-0.15, -0.1) is 0 Å². The minimum absolute atomic E-state index is 0.303. The van der Waals surface area contributed by atoms with Crippen molar-refractivity contribution in [3.63, 3.8) is 0 Å². The first-order chi connectivity index (χ1) is 9.18. The number of aliphatic hydroxyl groups is 1. The molecule has 1 unspecified atom stereocenters. The summed E-state index contributed by atoms with van der Waals surface area (Å²) >= 11 is 0. The van der Waals surface area contributed by atoms with Crippen LogP contribution >= 0.6 is 0 Å². The molecule has 0 fully saturated rings. The van der Waals surface area contributed by atoms with E-state index in [9.17, 15) is 15.0 Å². The van der Waals surface area contributed by atoms with Crippen LogP contribution in [-0.2, 0) is 6.42 Å². The number of carboxylic acid groups (broad SMARTS) is 1. The Hall–Kier alpha value is -2.13. The van der Waals surface area contributed by atoms with Crippen molar-refractivity contribution in [1.29, 1.82) is 0 Å². The van der Waals surface area contributed by atoms with Crippen LogP contribution in [-0.4, -0.2) is 16.2 Å². The lowest BCUT2D eigenvalue weighted by molar-refractivity contribution is 0.0697. The smallest absolute Gasteiger partial charge is 0.336 e. The van der Waals surface area contributed by atoms with Crippen molar-refractivity contribution in [2.24, 2.45) is 0 Å². The van der Waals surface area contributed by atoms with Gasteiger partial charge in [0.05, 0.1) is 11.7 Å². The summed E-state index contributed by atoms with van der Waals surface area (Å²) in [6.45, 7) is 0. The second-order valence-corrected chi connectivity index (χ2v) is 4.78. The van der Waals surface area contributed by atoms with E-state index in [4.69, 9.17) is 0 Å². The van der Waals surface area contributed by atoms with Crippen LogP contribution in [0.5, 0.6) is 0 Å². The molecule has 3 rings (SSSR count). The SMILES string of the molecule is O=C(O)c1ccccc1-c1cccc2c1CCC2O. The van der Waals surface area contributed by atoms with Crippen molar-refractivity contribution >= 4 is 5.97 Å². The molecule has 19 heavy (non-hydrogen) atoms. The molecule has 96 valence electrons. The topological polar surface area (TPSA) is 57.5 Å². The van der Waals surface area contributed by atoms with Gasteiger partial charge in [0.1, 0.15) is 0 Å². The number of aliphatic hydroxyl groups excluding tert-OH is 1. The van der Waals surface area contributed by atoms with Crippen LogP contribution in [0.3, 0.4) is 0 Å². The molecule has 0 heterocycles. The summed E-state index contributed by atoms with van der Waals surface area (Å²) in [4.78, 5) is 11.3. The number of benzene rings is 2. The molecule has 2 aromatic carbocycles. The average Bonchev–Trinajstić information content (AvgIpc) is 2.81. The van der Waals surface area contributed by atoms with Gasteiger partial charge in [-0.05, 0) is 41.2 Å². The Labute approximate surface area is 111 Å². The predicted molar refractivity (Wildman–Crippen MR) is 72.1 cm³/mol. The van der Waals surface area contributed by atoms with Gasteiger partial charge >= 0.3 is 5.97 Å². The van der Waals surface area contributed by atoms with E-state index in [0.717, 1.165) is 28.7 Å². The number of carboxylic acids is 1. The van der Waals surface area contributed by atoms with E-state index < -0.39 is 12.1 Å². The molecule has 0 aliphatic heterocycles. The summed E-state index contributed by atoms with van der Waals surface area (Å²) in [7, 11) is 0. The Morgan fingerprint density at radius 2 is 1.79 bits per heavy atom. The van der Waals surface area contributed by atoms with Crippen LogP contribution < -0.4 is 0 Å². The van der Waals surface area contributed by atoms with E-state index in [1.165, 1.54) is 0 Å². The molecular weight excluding hydrogens is 240 g/mol. The van der Waals surface area contributed by atoms with Crippen molar-refractivity contribution < 1.29 is 15.0 Å². The van der Waals surface area contributed by atoms with Crippen molar-refractivity contribution in [3.05, 3.63) is 59.2 Å². The Bertz CT molecular complexity index is 646. The Morgan fingerprint density at radius 3 is 2.58 bits per heavy atom. The molecule has 0 aromatic heterocycles. The molecule has 0 bridgehead atoms. The number of fused-ring (bicyclic) bond motifs is 1. The molecule has 0 radical (unpaired) electrons.